The molecular weight excluding hydrogens is 388 g/mol. The van der Waals surface area contributed by atoms with Gasteiger partial charge in [-0.3, -0.25) is 9.59 Å². The summed E-state index contributed by atoms with van der Waals surface area (Å²) in [4.78, 5) is 23.8. The van der Waals surface area contributed by atoms with Crippen molar-refractivity contribution in [3.8, 4) is 16.9 Å². The van der Waals surface area contributed by atoms with E-state index in [1.165, 1.54) is 38.5 Å². The van der Waals surface area contributed by atoms with Crippen molar-refractivity contribution in [3.05, 3.63) is 54.6 Å². The van der Waals surface area contributed by atoms with Crippen LogP contribution in [0.5, 0.6) is 5.75 Å². The third kappa shape index (κ3) is 10.8. The fourth-order valence-corrected chi connectivity index (χ4v) is 3.40. The Labute approximate surface area is 187 Å². The van der Waals surface area contributed by atoms with Gasteiger partial charge in [-0.25, -0.2) is 0 Å². The number of hydrogen-bond acceptors (Lipinski definition) is 4. The Hall–Kier alpha value is -2.62. The molecule has 4 heteroatoms. The Kier molecular flexibility index (Phi) is 12.1. The van der Waals surface area contributed by atoms with Gasteiger partial charge < -0.3 is 9.47 Å². The molecule has 168 valence electrons. The first-order chi connectivity index (χ1) is 15.2. The molecule has 0 fully saturated rings. The highest BCUT2D eigenvalue weighted by molar-refractivity contribution is 5.74. The van der Waals surface area contributed by atoms with Crippen LogP contribution >= 0.6 is 0 Å². The molecule has 0 aliphatic rings. The largest absolute Gasteiger partial charge is 0.466 e. The van der Waals surface area contributed by atoms with E-state index in [0.29, 0.717) is 18.8 Å². The maximum absolute atomic E-state index is 12.0. The second kappa shape index (κ2) is 15.2. The summed E-state index contributed by atoms with van der Waals surface area (Å²) in [5.74, 6) is -0.0479. The summed E-state index contributed by atoms with van der Waals surface area (Å²) in [5.41, 5.74) is 2.19. The fraction of sp³-hybridized carbons (Fsp3) is 0.481. The van der Waals surface area contributed by atoms with Gasteiger partial charge in [0.05, 0.1) is 6.61 Å². The van der Waals surface area contributed by atoms with Gasteiger partial charge in [0.15, 0.2) is 0 Å². The number of ether oxygens (including phenoxy) is 2. The average molecular weight is 425 g/mol. The van der Waals surface area contributed by atoms with Crippen LogP contribution in [0.15, 0.2) is 54.6 Å². The van der Waals surface area contributed by atoms with Crippen molar-refractivity contribution in [2.75, 3.05) is 6.61 Å². The van der Waals surface area contributed by atoms with Crippen LogP contribution in [0.2, 0.25) is 0 Å². The fourth-order valence-electron chi connectivity index (χ4n) is 3.40. The van der Waals surface area contributed by atoms with Crippen LogP contribution in [0.1, 0.15) is 77.6 Å². The molecule has 0 saturated heterocycles. The third-order valence-corrected chi connectivity index (χ3v) is 5.22. The predicted molar refractivity (Wildman–Crippen MR) is 125 cm³/mol. The molecule has 2 aromatic rings. The Morgan fingerprint density at radius 2 is 1.23 bits per heavy atom. The van der Waals surface area contributed by atoms with E-state index in [9.17, 15) is 9.59 Å². The lowest BCUT2D eigenvalue weighted by Crippen LogP contribution is -2.10. The molecule has 0 atom stereocenters. The van der Waals surface area contributed by atoms with Gasteiger partial charge in [-0.05, 0) is 36.1 Å². The Balaban J connectivity index is 1.52. The third-order valence-electron chi connectivity index (χ3n) is 5.22. The number of benzene rings is 2. The number of esters is 2. The molecule has 0 saturated carbocycles. The minimum Gasteiger partial charge on any atom is -0.466 e. The molecule has 0 amide bonds. The van der Waals surface area contributed by atoms with Crippen LogP contribution in [0.25, 0.3) is 11.1 Å². The molecule has 0 unspecified atom stereocenters. The Morgan fingerprint density at radius 3 is 1.90 bits per heavy atom. The monoisotopic (exact) mass is 424 g/mol. The van der Waals surface area contributed by atoms with Crippen molar-refractivity contribution in [1.82, 2.24) is 0 Å². The van der Waals surface area contributed by atoms with Crippen molar-refractivity contribution in [2.24, 2.45) is 0 Å². The van der Waals surface area contributed by atoms with E-state index in [0.717, 1.165) is 24.0 Å². The van der Waals surface area contributed by atoms with Crippen molar-refractivity contribution < 1.29 is 19.1 Å². The highest BCUT2D eigenvalue weighted by Gasteiger charge is 2.09. The van der Waals surface area contributed by atoms with Gasteiger partial charge in [0, 0.05) is 12.8 Å². The predicted octanol–water partition coefficient (Wildman–Crippen LogP) is 7.11. The standard InChI is InChI=1S/C27H36O4/c1-2-3-4-5-6-7-8-12-22-30-26(28)16-13-17-27(29)31-25-20-18-24(19-21-25)23-14-10-9-11-15-23/h9-11,14-15,18-21H,2-8,12-13,16-17,22H2,1H3. The summed E-state index contributed by atoms with van der Waals surface area (Å²) in [6.45, 7) is 2.70. The second-order valence-electron chi connectivity index (χ2n) is 7.91. The zero-order valence-electron chi connectivity index (χ0n) is 18.8. The molecule has 2 aromatic carbocycles. The molecule has 2 rings (SSSR count). The van der Waals surface area contributed by atoms with Gasteiger partial charge in [-0.2, -0.15) is 0 Å². The van der Waals surface area contributed by atoms with Crippen LogP contribution in [0.3, 0.4) is 0 Å². The summed E-state index contributed by atoms with van der Waals surface area (Å²) in [6.07, 6.45) is 10.6. The summed E-state index contributed by atoms with van der Waals surface area (Å²) in [5, 5.41) is 0. The number of unbranched alkanes of at least 4 members (excludes halogenated alkanes) is 7. The molecule has 31 heavy (non-hydrogen) atoms. The molecule has 0 aliphatic heterocycles. The van der Waals surface area contributed by atoms with E-state index >= 15 is 0 Å². The highest BCUT2D eigenvalue weighted by Crippen LogP contribution is 2.22. The normalized spacial score (nSPS) is 10.6. The first kappa shape index (κ1) is 24.6. The average Bonchev–Trinajstić information content (AvgIpc) is 2.79. The van der Waals surface area contributed by atoms with Crippen LogP contribution in [0.4, 0.5) is 0 Å². The number of carbonyl (C=O) groups is 2. The lowest BCUT2D eigenvalue weighted by atomic mass is 10.1. The molecule has 0 aromatic heterocycles. The summed E-state index contributed by atoms with van der Waals surface area (Å²) in [6, 6.07) is 17.5. The van der Waals surface area contributed by atoms with E-state index in [-0.39, 0.29) is 24.8 Å². The number of rotatable bonds is 15. The first-order valence-electron chi connectivity index (χ1n) is 11.7. The lowest BCUT2D eigenvalue weighted by molar-refractivity contribution is -0.144. The topological polar surface area (TPSA) is 52.6 Å². The van der Waals surface area contributed by atoms with Gasteiger partial charge in [0.25, 0.3) is 0 Å². The molecule has 4 nitrogen and oxygen atoms in total. The molecular formula is C27H36O4. The molecule has 0 N–H and O–H groups in total. The van der Waals surface area contributed by atoms with Gasteiger partial charge in [-0.1, -0.05) is 94.3 Å². The summed E-state index contributed by atoms with van der Waals surface area (Å²) >= 11 is 0. The van der Waals surface area contributed by atoms with Crippen LogP contribution in [-0.2, 0) is 14.3 Å². The first-order valence-corrected chi connectivity index (χ1v) is 11.7. The van der Waals surface area contributed by atoms with E-state index in [2.05, 4.69) is 6.92 Å². The van der Waals surface area contributed by atoms with Gasteiger partial charge in [-0.15, -0.1) is 0 Å². The van der Waals surface area contributed by atoms with Crippen molar-refractivity contribution >= 4 is 11.9 Å². The van der Waals surface area contributed by atoms with Gasteiger partial charge >= 0.3 is 11.9 Å². The number of hydrogen-bond donors (Lipinski definition) is 0. The maximum atomic E-state index is 12.0. The smallest absolute Gasteiger partial charge is 0.311 e. The highest BCUT2D eigenvalue weighted by atomic mass is 16.5. The second-order valence-corrected chi connectivity index (χ2v) is 7.91. The molecule has 0 radical (unpaired) electrons. The van der Waals surface area contributed by atoms with Crippen molar-refractivity contribution in [2.45, 2.75) is 77.6 Å². The quantitative estimate of drug-likeness (QED) is 0.174. The molecule has 0 spiro atoms. The summed E-state index contributed by atoms with van der Waals surface area (Å²) in [7, 11) is 0. The molecule has 0 aliphatic carbocycles. The molecule has 0 bridgehead atoms. The van der Waals surface area contributed by atoms with Crippen molar-refractivity contribution in [1.29, 1.82) is 0 Å². The Morgan fingerprint density at radius 1 is 0.645 bits per heavy atom. The van der Waals surface area contributed by atoms with E-state index < -0.39 is 0 Å². The minimum atomic E-state index is -0.330. The van der Waals surface area contributed by atoms with E-state index in [4.69, 9.17) is 9.47 Å². The Bertz CT molecular complexity index is 753. The molecule has 0 heterocycles. The SMILES string of the molecule is CCCCCCCCCCOC(=O)CCCC(=O)Oc1ccc(-c2ccccc2)cc1. The van der Waals surface area contributed by atoms with Gasteiger partial charge in [0.1, 0.15) is 5.75 Å². The lowest BCUT2D eigenvalue weighted by Gasteiger charge is -2.07. The van der Waals surface area contributed by atoms with Crippen LogP contribution < -0.4 is 4.74 Å². The van der Waals surface area contributed by atoms with Crippen LogP contribution in [0, 0.1) is 0 Å². The minimum absolute atomic E-state index is 0.202. The van der Waals surface area contributed by atoms with Crippen LogP contribution in [-0.4, -0.2) is 18.5 Å². The maximum Gasteiger partial charge on any atom is 0.311 e. The van der Waals surface area contributed by atoms with Gasteiger partial charge in [0.2, 0.25) is 0 Å². The van der Waals surface area contributed by atoms with E-state index in [1.807, 2.05) is 42.5 Å². The zero-order valence-corrected chi connectivity index (χ0v) is 18.8. The summed E-state index contributed by atoms with van der Waals surface area (Å²) < 4.78 is 10.6. The van der Waals surface area contributed by atoms with E-state index in [1.54, 1.807) is 12.1 Å². The van der Waals surface area contributed by atoms with Crippen molar-refractivity contribution in [3.63, 3.8) is 0 Å². The number of carbonyl (C=O) groups excluding carboxylic acids is 2. The zero-order chi connectivity index (χ0) is 22.2.